The van der Waals surface area contributed by atoms with Crippen molar-refractivity contribution in [3.63, 3.8) is 0 Å². The molecule has 0 aromatic heterocycles. The number of Topliss-reactive ketones (excluding diaryl/α,β-unsaturated/α-hetero) is 1. The Balaban J connectivity index is 3.04. The molecule has 3 nitrogen and oxygen atoms in total. The highest BCUT2D eigenvalue weighted by atomic mass is 16.5. The Morgan fingerprint density at radius 3 is 2.41 bits per heavy atom. The zero-order valence-corrected chi connectivity index (χ0v) is 10.7. The second kappa shape index (κ2) is 6.09. The quantitative estimate of drug-likeness (QED) is 0.734. The molecule has 1 aromatic carbocycles. The molecule has 92 valence electrons. The largest absolute Gasteiger partial charge is 0.493 e. The van der Waals surface area contributed by atoms with Crippen molar-refractivity contribution in [2.24, 2.45) is 0 Å². The summed E-state index contributed by atoms with van der Waals surface area (Å²) in [4.78, 5) is 11.5. The number of methoxy groups -OCH3 is 2. The third-order valence-electron chi connectivity index (χ3n) is 2.55. The number of hydrogen-bond donors (Lipinski definition) is 0. The molecule has 0 amide bonds. The number of benzene rings is 1. The smallest absolute Gasteiger partial charge is 0.161 e. The standard InChI is InChI=1S/C14H18O3/c1-5-12(15)10(2)8-11-6-7-13(16-3)14(9-11)17-4/h6-9H,5H2,1-4H3/b10-8+. The van der Waals surface area contributed by atoms with Crippen LogP contribution in [0.15, 0.2) is 23.8 Å². The molecule has 0 aliphatic heterocycles. The number of ketones is 1. The van der Waals surface area contributed by atoms with E-state index in [0.29, 0.717) is 17.9 Å². The summed E-state index contributed by atoms with van der Waals surface area (Å²) in [7, 11) is 3.19. The molecule has 0 radical (unpaired) electrons. The predicted molar refractivity (Wildman–Crippen MR) is 68.5 cm³/mol. The highest BCUT2D eigenvalue weighted by molar-refractivity contribution is 5.98. The first-order valence-corrected chi connectivity index (χ1v) is 5.55. The maximum absolute atomic E-state index is 11.5. The molecule has 0 fully saturated rings. The summed E-state index contributed by atoms with van der Waals surface area (Å²) in [5.41, 5.74) is 1.68. The van der Waals surface area contributed by atoms with Crippen LogP contribution in [0.25, 0.3) is 6.08 Å². The van der Waals surface area contributed by atoms with Crippen LogP contribution in [-0.4, -0.2) is 20.0 Å². The highest BCUT2D eigenvalue weighted by Crippen LogP contribution is 2.28. The van der Waals surface area contributed by atoms with Crippen molar-refractivity contribution in [3.05, 3.63) is 29.3 Å². The van der Waals surface area contributed by atoms with Gasteiger partial charge in [0.05, 0.1) is 14.2 Å². The molecule has 17 heavy (non-hydrogen) atoms. The molecular weight excluding hydrogens is 216 g/mol. The molecule has 0 aliphatic rings. The minimum atomic E-state index is 0.153. The number of hydrogen-bond acceptors (Lipinski definition) is 3. The van der Waals surface area contributed by atoms with Crippen molar-refractivity contribution < 1.29 is 14.3 Å². The van der Waals surface area contributed by atoms with Crippen LogP contribution in [-0.2, 0) is 4.79 Å². The normalized spacial score (nSPS) is 11.2. The molecule has 1 aromatic rings. The van der Waals surface area contributed by atoms with E-state index in [0.717, 1.165) is 11.1 Å². The topological polar surface area (TPSA) is 35.5 Å². The molecule has 0 saturated carbocycles. The minimum Gasteiger partial charge on any atom is -0.493 e. The van der Waals surface area contributed by atoms with E-state index in [-0.39, 0.29) is 5.78 Å². The Hall–Kier alpha value is -1.77. The summed E-state index contributed by atoms with van der Waals surface area (Å²) in [6, 6.07) is 5.58. The van der Waals surface area contributed by atoms with E-state index in [4.69, 9.17) is 9.47 Å². The van der Waals surface area contributed by atoms with Gasteiger partial charge in [0, 0.05) is 6.42 Å². The van der Waals surface area contributed by atoms with Crippen LogP contribution in [0.3, 0.4) is 0 Å². The summed E-state index contributed by atoms with van der Waals surface area (Å²) in [6.07, 6.45) is 2.38. The monoisotopic (exact) mass is 234 g/mol. The summed E-state index contributed by atoms with van der Waals surface area (Å²) >= 11 is 0. The van der Waals surface area contributed by atoms with Gasteiger partial charge in [-0.25, -0.2) is 0 Å². The Morgan fingerprint density at radius 2 is 1.88 bits per heavy atom. The van der Waals surface area contributed by atoms with Crippen molar-refractivity contribution in [2.75, 3.05) is 14.2 Å². The van der Waals surface area contributed by atoms with Crippen molar-refractivity contribution in [1.82, 2.24) is 0 Å². The fraction of sp³-hybridized carbons (Fsp3) is 0.357. The van der Waals surface area contributed by atoms with Gasteiger partial charge in [0.2, 0.25) is 0 Å². The lowest BCUT2D eigenvalue weighted by molar-refractivity contribution is -0.115. The number of ether oxygens (including phenoxy) is 2. The van der Waals surface area contributed by atoms with Crippen LogP contribution < -0.4 is 9.47 Å². The van der Waals surface area contributed by atoms with E-state index in [1.807, 2.05) is 38.1 Å². The average molecular weight is 234 g/mol. The van der Waals surface area contributed by atoms with E-state index in [1.54, 1.807) is 14.2 Å². The van der Waals surface area contributed by atoms with Crippen molar-refractivity contribution >= 4 is 11.9 Å². The van der Waals surface area contributed by atoms with Gasteiger partial charge < -0.3 is 9.47 Å². The molecule has 0 atom stereocenters. The van der Waals surface area contributed by atoms with Gasteiger partial charge in [0.15, 0.2) is 17.3 Å². The lowest BCUT2D eigenvalue weighted by Gasteiger charge is -2.08. The Labute approximate surface area is 102 Å². The summed E-state index contributed by atoms with van der Waals surface area (Å²) in [5.74, 6) is 1.50. The maximum Gasteiger partial charge on any atom is 0.161 e. The van der Waals surface area contributed by atoms with E-state index >= 15 is 0 Å². The zero-order valence-electron chi connectivity index (χ0n) is 10.7. The van der Waals surface area contributed by atoms with Gasteiger partial charge in [-0.15, -0.1) is 0 Å². The molecule has 1 rings (SSSR count). The van der Waals surface area contributed by atoms with Crippen molar-refractivity contribution in [2.45, 2.75) is 20.3 Å². The molecule has 3 heteroatoms. The van der Waals surface area contributed by atoms with Crippen LogP contribution in [0.4, 0.5) is 0 Å². The summed E-state index contributed by atoms with van der Waals surface area (Å²) in [5, 5.41) is 0. The first-order chi connectivity index (χ1) is 8.12. The van der Waals surface area contributed by atoms with Crippen LogP contribution in [0.2, 0.25) is 0 Å². The number of allylic oxidation sites excluding steroid dienone is 1. The number of rotatable bonds is 5. The predicted octanol–water partition coefficient (Wildman–Crippen LogP) is 3.09. The maximum atomic E-state index is 11.5. The van der Waals surface area contributed by atoms with Crippen LogP contribution in [0.1, 0.15) is 25.8 Å². The second-order valence-electron chi connectivity index (χ2n) is 3.72. The molecule has 0 unspecified atom stereocenters. The van der Waals surface area contributed by atoms with Crippen molar-refractivity contribution in [1.29, 1.82) is 0 Å². The van der Waals surface area contributed by atoms with Crippen LogP contribution in [0, 0.1) is 0 Å². The Kier molecular flexibility index (Phi) is 4.76. The first-order valence-electron chi connectivity index (χ1n) is 5.55. The van der Waals surface area contributed by atoms with Gasteiger partial charge in [0.25, 0.3) is 0 Å². The first kappa shape index (κ1) is 13.3. The number of carbonyl (C=O) groups is 1. The summed E-state index contributed by atoms with van der Waals surface area (Å²) in [6.45, 7) is 3.68. The molecular formula is C14H18O3. The van der Waals surface area contributed by atoms with Crippen LogP contribution >= 0.6 is 0 Å². The van der Waals surface area contributed by atoms with Gasteiger partial charge in [-0.1, -0.05) is 13.0 Å². The van der Waals surface area contributed by atoms with Gasteiger partial charge in [-0.3, -0.25) is 4.79 Å². The van der Waals surface area contributed by atoms with E-state index < -0.39 is 0 Å². The molecule has 0 aliphatic carbocycles. The lowest BCUT2D eigenvalue weighted by Crippen LogP contribution is -1.96. The average Bonchev–Trinajstić information content (AvgIpc) is 2.37. The second-order valence-corrected chi connectivity index (χ2v) is 3.72. The highest BCUT2D eigenvalue weighted by Gasteiger charge is 2.05. The minimum absolute atomic E-state index is 0.153. The molecule has 0 heterocycles. The fourth-order valence-electron chi connectivity index (χ4n) is 1.55. The van der Waals surface area contributed by atoms with Gasteiger partial charge in [-0.05, 0) is 36.3 Å². The van der Waals surface area contributed by atoms with Gasteiger partial charge in [-0.2, -0.15) is 0 Å². The fourth-order valence-corrected chi connectivity index (χ4v) is 1.55. The van der Waals surface area contributed by atoms with Crippen molar-refractivity contribution in [3.8, 4) is 11.5 Å². The molecule has 0 spiro atoms. The molecule has 0 N–H and O–H groups in total. The Bertz CT molecular complexity index is 433. The number of carbonyl (C=O) groups excluding carboxylic acids is 1. The molecule has 0 bridgehead atoms. The van der Waals surface area contributed by atoms with Crippen LogP contribution in [0.5, 0.6) is 11.5 Å². The lowest BCUT2D eigenvalue weighted by atomic mass is 10.1. The van der Waals surface area contributed by atoms with Gasteiger partial charge in [0.1, 0.15) is 0 Å². The zero-order chi connectivity index (χ0) is 12.8. The third kappa shape index (κ3) is 3.34. The van der Waals surface area contributed by atoms with E-state index in [1.165, 1.54) is 0 Å². The molecule has 0 saturated heterocycles. The SMILES string of the molecule is CCC(=O)/C(C)=C/c1ccc(OC)c(OC)c1. The Morgan fingerprint density at radius 1 is 1.24 bits per heavy atom. The van der Waals surface area contributed by atoms with E-state index in [9.17, 15) is 4.79 Å². The van der Waals surface area contributed by atoms with Gasteiger partial charge >= 0.3 is 0 Å². The third-order valence-corrected chi connectivity index (χ3v) is 2.55. The summed E-state index contributed by atoms with van der Waals surface area (Å²) < 4.78 is 10.4. The van der Waals surface area contributed by atoms with E-state index in [2.05, 4.69) is 0 Å².